The summed E-state index contributed by atoms with van der Waals surface area (Å²) < 4.78 is 42.4. The number of carbonyl (C=O) groups excluding carboxylic acids is 2. The van der Waals surface area contributed by atoms with E-state index in [1.165, 1.54) is 54.1 Å². The molecule has 3 N–H and O–H groups in total. The second kappa shape index (κ2) is 10.1. The van der Waals surface area contributed by atoms with Crippen molar-refractivity contribution in [3.63, 3.8) is 0 Å². The molecule has 38 heavy (non-hydrogen) atoms. The molecule has 12 heteroatoms. The number of amides is 2. The number of anilines is 1. The summed E-state index contributed by atoms with van der Waals surface area (Å²) in [4.78, 5) is 32.5. The van der Waals surface area contributed by atoms with Crippen molar-refractivity contribution < 1.29 is 22.4 Å². The number of carbonyl (C=O) groups is 2. The molecule has 0 saturated carbocycles. The van der Waals surface area contributed by atoms with Crippen molar-refractivity contribution >= 4 is 38.3 Å². The van der Waals surface area contributed by atoms with E-state index in [1.807, 2.05) is 0 Å². The van der Waals surface area contributed by atoms with Gasteiger partial charge >= 0.3 is 0 Å². The maximum absolute atomic E-state index is 14.1. The third-order valence-electron chi connectivity index (χ3n) is 5.71. The summed E-state index contributed by atoms with van der Waals surface area (Å²) in [6, 6.07) is 11.7. The van der Waals surface area contributed by atoms with Crippen molar-refractivity contribution in [2.24, 2.45) is 5.73 Å². The molecule has 2 amide bonds. The fourth-order valence-electron chi connectivity index (χ4n) is 3.95. The molecule has 1 unspecified atom stereocenters. The number of aromatic nitrogens is 2. The fourth-order valence-corrected chi connectivity index (χ4v) is 6.28. The van der Waals surface area contributed by atoms with Gasteiger partial charge in [-0.1, -0.05) is 30.0 Å². The molecule has 0 spiro atoms. The molecule has 0 bridgehead atoms. The average molecular weight is 548 g/mol. The van der Waals surface area contributed by atoms with Crippen molar-refractivity contribution in [2.45, 2.75) is 17.5 Å². The Morgan fingerprint density at radius 1 is 1.08 bits per heavy atom. The molecule has 190 valence electrons. The quantitative estimate of drug-likeness (QED) is 0.369. The highest BCUT2D eigenvalue weighted by Crippen LogP contribution is 2.38. The smallest absolute Gasteiger partial charge is 0.267 e. The Kier molecular flexibility index (Phi) is 6.73. The number of rotatable bonds is 5. The van der Waals surface area contributed by atoms with Gasteiger partial charge in [-0.05, 0) is 47.5 Å². The lowest BCUT2D eigenvalue weighted by atomic mass is 10.0. The number of nitrogens with one attached hydrogen (secondary N) is 1. The summed E-state index contributed by atoms with van der Waals surface area (Å²) in [6.07, 6.45) is 2.90. The summed E-state index contributed by atoms with van der Waals surface area (Å²) in [5, 5.41) is 4.58. The summed E-state index contributed by atoms with van der Waals surface area (Å²) >= 11 is 1.18. The molecule has 3 heterocycles. The zero-order chi connectivity index (χ0) is 26.9. The van der Waals surface area contributed by atoms with Gasteiger partial charge in [-0.15, -0.1) is 11.3 Å². The molecule has 0 fully saturated rings. The Labute approximate surface area is 221 Å². The van der Waals surface area contributed by atoms with Gasteiger partial charge in [-0.3, -0.25) is 9.59 Å². The summed E-state index contributed by atoms with van der Waals surface area (Å²) in [5.74, 6) is 3.84. The Balaban J connectivity index is 1.48. The normalized spacial score (nSPS) is 14.7. The standard InChI is InChI=1S/C26H18FN5O4S2/c27-20-3-1-2-18(13-20)23(25(34)31-26-29-10-11-37-26)32-15-19-8-6-16(12-22(19)38(32,35)36)4-5-17-7-9-21(24(28)33)30-14-17/h1-3,6-14,23H,15H2,(H2,28,33)(H,29,31,34). The number of fused-ring (bicyclic) bond motifs is 1. The van der Waals surface area contributed by atoms with Crippen LogP contribution < -0.4 is 11.1 Å². The number of hydrogen-bond donors (Lipinski definition) is 2. The van der Waals surface area contributed by atoms with Crippen LogP contribution in [0, 0.1) is 17.7 Å². The summed E-state index contributed by atoms with van der Waals surface area (Å²) in [6.45, 7) is -0.0870. The van der Waals surface area contributed by atoms with E-state index in [0.717, 1.165) is 10.4 Å². The summed E-state index contributed by atoms with van der Waals surface area (Å²) in [7, 11) is -4.15. The lowest BCUT2D eigenvalue weighted by Gasteiger charge is -2.25. The Morgan fingerprint density at radius 3 is 2.55 bits per heavy atom. The first-order valence-electron chi connectivity index (χ1n) is 11.1. The van der Waals surface area contributed by atoms with Gasteiger partial charge < -0.3 is 11.1 Å². The van der Waals surface area contributed by atoms with E-state index >= 15 is 0 Å². The van der Waals surface area contributed by atoms with Crippen molar-refractivity contribution in [3.8, 4) is 11.8 Å². The third kappa shape index (κ3) is 5.03. The molecule has 0 aliphatic carbocycles. The molecular weight excluding hydrogens is 529 g/mol. The first-order chi connectivity index (χ1) is 18.2. The molecule has 4 aromatic rings. The number of nitrogens with zero attached hydrogens (tertiary/aromatic N) is 3. The number of thiazole rings is 1. The van der Waals surface area contributed by atoms with Crippen LogP contribution in [0.5, 0.6) is 0 Å². The highest BCUT2D eigenvalue weighted by atomic mass is 32.2. The number of halogens is 1. The maximum Gasteiger partial charge on any atom is 0.267 e. The fraction of sp³-hybridized carbons (Fsp3) is 0.0769. The molecule has 0 saturated heterocycles. The molecule has 5 rings (SSSR count). The van der Waals surface area contributed by atoms with Gasteiger partial charge in [0.2, 0.25) is 15.9 Å². The van der Waals surface area contributed by atoms with Crippen LogP contribution in [0.3, 0.4) is 0 Å². The predicted octanol–water partition coefficient (Wildman–Crippen LogP) is 3.06. The second-order valence-electron chi connectivity index (χ2n) is 8.20. The minimum absolute atomic E-state index is 0.00922. The van der Waals surface area contributed by atoms with Crippen LogP contribution in [0.4, 0.5) is 9.52 Å². The number of primary amides is 1. The minimum atomic E-state index is -4.15. The monoisotopic (exact) mass is 547 g/mol. The Hall–Kier alpha value is -4.44. The first-order valence-corrected chi connectivity index (χ1v) is 13.4. The van der Waals surface area contributed by atoms with Gasteiger partial charge in [0.1, 0.15) is 17.6 Å². The minimum Gasteiger partial charge on any atom is -0.364 e. The van der Waals surface area contributed by atoms with Crippen LogP contribution >= 0.6 is 11.3 Å². The van der Waals surface area contributed by atoms with E-state index in [1.54, 1.807) is 23.6 Å². The van der Waals surface area contributed by atoms with Gasteiger partial charge in [0.25, 0.3) is 5.91 Å². The predicted molar refractivity (Wildman–Crippen MR) is 138 cm³/mol. The molecule has 1 aliphatic heterocycles. The van der Waals surface area contributed by atoms with Crippen LogP contribution in [0.15, 0.2) is 77.3 Å². The molecule has 2 aromatic heterocycles. The van der Waals surface area contributed by atoms with E-state index in [2.05, 4.69) is 27.1 Å². The molecule has 1 atom stereocenters. The highest BCUT2D eigenvalue weighted by molar-refractivity contribution is 7.89. The lowest BCUT2D eigenvalue weighted by molar-refractivity contribution is -0.120. The van der Waals surface area contributed by atoms with Gasteiger partial charge in [0, 0.05) is 35.4 Å². The zero-order valence-electron chi connectivity index (χ0n) is 19.5. The third-order valence-corrected chi connectivity index (χ3v) is 8.29. The molecule has 9 nitrogen and oxygen atoms in total. The summed E-state index contributed by atoms with van der Waals surface area (Å²) in [5.41, 5.74) is 6.88. The second-order valence-corrected chi connectivity index (χ2v) is 11.0. The number of hydrogen-bond acceptors (Lipinski definition) is 7. The van der Waals surface area contributed by atoms with Crippen molar-refractivity contribution in [2.75, 3.05) is 5.32 Å². The van der Waals surface area contributed by atoms with E-state index in [0.29, 0.717) is 21.8 Å². The number of nitrogens with two attached hydrogens (primary N) is 1. The van der Waals surface area contributed by atoms with Gasteiger partial charge in [-0.2, -0.15) is 4.31 Å². The number of pyridine rings is 1. The van der Waals surface area contributed by atoms with Crippen LogP contribution in [0.1, 0.15) is 38.8 Å². The van der Waals surface area contributed by atoms with E-state index in [-0.39, 0.29) is 22.7 Å². The molecular formula is C26H18FN5O4S2. The van der Waals surface area contributed by atoms with Crippen molar-refractivity contribution in [3.05, 3.63) is 106 Å². The van der Waals surface area contributed by atoms with Crippen LogP contribution in [0.25, 0.3) is 0 Å². The Morgan fingerprint density at radius 2 is 1.87 bits per heavy atom. The Bertz CT molecular complexity index is 1710. The first kappa shape index (κ1) is 25.2. The maximum atomic E-state index is 14.1. The largest absolute Gasteiger partial charge is 0.364 e. The van der Waals surface area contributed by atoms with E-state index in [9.17, 15) is 22.4 Å². The van der Waals surface area contributed by atoms with Crippen LogP contribution in [-0.2, 0) is 21.4 Å². The zero-order valence-corrected chi connectivity index (χ0v) is 21.1. The van der Waals surface area contributed by atoms with Gasteiger partial charge in [-0.25, -0.2) is 22.8 Å². The SMILES string of the molecule is NC(=O)c1ccc(C#Cc2ccc3c(c2)S(=O)(=O)N(C(C(=O)Nc2nccs2)c2cccc(F)c2)C3)cn1. The van der Waals surface area contributed by atoms with Crippen molar-refractivity contribution in [1.82, 2.24) is 14.3 Å². The van der Waals surface area contributed by atoms with E-state index < -0.39 is 33.7 Å². The number of benzene rings is 2. The number of sulfonamides is 1. The van der Waals surface area contributed by atoms with Gasteiger partial charge in [0.05, 0.1) is 4.90 Å². The topological polar surface area (TPSA) is 135 Å². The van der Waals surface area contributed by atoms with Crippen molar-refractivity contribution in [1.29, 1.82) is 0 Å². The lowest BCUT2D eigenvalue weighted by Crippen LogP contribution is -2.37. The average Bonchev–Trinajstić information content (AvgIpc) is 3.49. The van der Waals surface area contributed by atoms with Gasteiger partial charge in [0.15, 0.2) is 5.13 Å². The van der Waals surface area contributed by atoms with E-state index in [4.69, 9.17) is 5.73 Å². The molecule has 0 radical (unpaired) electrons. The molecule has 1 aliphatic rings. The molecule has 2 aromatic carbocycles. The van der Waals surface area contributed by atoms with Crippen LogP contribution in [-0.4, -0.2) is 34.5 Å². The van der Waals surface area contributed by atoms with Crippen LogP contribution in [0.2, 0.25) is 0 Å². The highest BCUT2D eigenvalue weighted by Gasteiger charge is 2.43.